The lowest BCUT2D eigenvalue weighted by atomic mass is 10.1. The average molecular weight is 399 g/mol. The van der Waals surface area contributed by atoms with Gasteiger partial charge in [-0.3, -0.25) is 9.59 Å². The van der Waals surface area contributed by atoms with Gasteiger partial charge in [-0.2, -0.15) is 0 Å². The number of nitrogens with one attached hydrogen (secondary N) is 1. The maximum absolute atomic E-state index is 13.0. The van der Waals surface area contributed by atoms with Crippen molar-refractivity contribution in [2.75, 3.05) is 20.3 Å². The van der Waals surface area contributed by atoms with Crippen LogP contribution < -0.4 is 14.8 Å². The van der Waals surface area contributed by atoms with Gasteiger partial charge in [0.2, 0.25) is 5.91 Å². The molecule has 0 heterocycles. The highest BCUT2D eigenvalue weighted by molar-refractivity contribution is 5.88. The number of amides is 2. The van der Waals surface area contributed by atoms with Gasteiger partial charge in [-0.15, -0.1) is 0 Å². The number of carbonyl (C=O) groups excluding carboxylic acids is 2. The molecule has 1 N–H and O–H groups in total. The molecule has 6 nitrogen and oxygen atoms in total. The van der Waals surface area contributed by atoms with E-state index in [0.717, 1.165) is 17.7 Å². The number of hydrogen-bond donors (Lipinski definition) is 1. The minimum Gasteiger partial charge on any atom is -0.497 e. The molecule has 0 aliphatic rings. The van der Waals surface area contributed by atoms with Crippen molar-refractivity contribution in [3.63, 3.8) is 0 Å². The molecule has 0 bridgehead atoms. The van der Waals surface area contributed by atoms with Crippen LogP contribution >= 0.6 is 0 Å². The van der Waals surface area contributed by atoms with E-state index in [0.29, 0.717) is 25.3 Å². The fourth-order valence-electron chi connectivity index (χ4n) is 2.96. The highest BCUT2D eigenvalue weighted by Crippen LogP contribution is 2.17. The molecule has 0 aliphatic carbocycles. The number of methoxy groups -OCH3 is 1. The molecule has 0 spiro atoms. The fourth-order valence-corrected chi connectivity index (χ4v) is 2.96. The molecule has 2 rings (SSSR count). The number of nitrogens with zero attached hydrogens (tertiary/aromatic N) is 1. The maximum atomic E-state index is 13.0. The summed E-state index contributed by atoms with van der Waals surface area (Å²) in [6, 6.07) is 16.1. The third kappa shape index (κ3) is 6.82. The minimum absolute atomic E-state index is 0.127. The molecule has 1 atom stereocenters. The quantitative estimate of drug-likeness (QED) is 0.630. The van der Waals surface area contributed by atoms with Crippen molar-refractivity contribution in [2.45, 2.75) is 39.3 Å². The Morgan fingerprint density at radius 1 is 1.00 bits per heavy atom. The molecule has 6 heteroatoms. The van der Waals surface area contributed by atoms with Gasteiger partial charge >= 0.3 is 0 Å². The van der Waals surface area contributed by atoms with Crippen LogP contribution in [0.1, 0.15) is 32.3 Å². The Bertz CT molecular complexity index is 762. The number of hydrogen-bond acceptors (Lipinski definition) is 4. The molecule has 156 valence electrons. The predicted octanol–water partition coefficient (Wildman–Crippen LogP) is 3.41. The zero-order chi connectivity index (χ0) is 21.1. The SMILES string of the molecule is CCCNC(=O)C(CC)N(Cc1ccc(OC)cc1)C(=O)COc1ccccc1. The van der Waals surface area contributed by atoms with Gasteiger partial charge in [-0.1, -0.05) is 44.2 Å². The fraction of sp³-hybridized carbons (Fsp3) is 0.391. The van der Waals surface area contributed by atoms with Crippen LogP contribution in [0.3, 0.4) is 0 Å². The second-order valence-electron chi connectivity index (χ2n) is 6.69. The molecule has 2 aromatic rings. The van der Waals surface area contributed by atoms with E-state index in [1.54, 1.807) is 24.1 Å². The first kappa shape index (κ1) is 22.3. The van der Waals surface area contributed by atoms with Gasteiger partial charge in [0.25, 0.3) is 5.91 Å². The van der Waals surface area contributed by atoms with Crippen LogP contribution in [-0.2, 0) is 16.1 Å². The average Bonchev–Trinajstić information content (AvgIpc) is 2.77. The molecular weight excluding hydrogens is 368 g/mol. The highest BCUT2D eigenvalue weighted by Gasteiger charge is 2.28. The van der Waals surface area contributed by atoms with E-state index < -0.39 is 6.04 Å². The summed E-state index contributed by atoms with van der Waals surface area (Å²) < 4.78 is 10.8. The molecule has 29 heavy (non-hydrogen) atoms. The van der Waals surface area contributed by atoms with Crippen molar-refractivity contribution in [3.05, 3.63) is 60.2 Å². The molecule has 0 fully saturated rings. The van der Waals surface area contributed by atoms with Crippen molar-refractivity contribution < 1.29 is 19.1 Å². The van der Waals surface area contributed by atoms with E-state index in [9.17, 15) is 9.59 Å². The molecule has 0 radical (unpaired) electrons. The van der Waals surface area contributed by atoms with Gasteiger partial charge in [0.05, 0.1) is 7.11 Å². The molecule has 0 saturated heterocycles. The van der Waals surface area contributed by atoms with Crippen LogP contribution in [0.15, 0.2) is 54.6 Å². The molecule has 1 unspecified atom stereocenters. The Morgan fingerprint density at radius 2 is 1.69 bits per heavy atom. The molecule has 2 aromatic carbocycles. The van der Waals surface area contributed by atoms with Gasteiger partial charge in [0.1, 0.15) is 17.5 Å². The number of para-hydroxylation sites is 1. The van der Waals surface area contributed by atoms with Gasteiger partial charge in [-0.25, -0.2) is 0 Å². The van der Waals surface area contributed by atoms with Crippen LogP contribution in [0, 0.1) is 0 Å². The first-order valence-corrected chi connectivity index (χ1v) is 9.97. The number of rotatable bonds is 11. The van der Waals surface area contributed by atoms with Crippen molar-refractivity contribution in [3.8, 4) is 11.5 Å². The highest BCUT2D eigenvalue weighted by atomic mass is 16.5. The lowest BCUT2D eigenvalue weighted by molar-refractivity contribution is -0.143. The lowest BCUT2D eigenvalue weighted by Crippen LogP contribution is -2.50. The largest absolute Gasteiger partial charge is 0.497 e. The number of carbonyl (C=O) groups is 2. The summed E-state index contributed by atoms with van der Waals surface area (Å²) in [6.45, 7) is 4.68. The van der Waals surface area contributed by atoms with E-state index in [1.807, 2.05) is 56.3 Å². The Labute approximate surface area is 172 Å². The van der Waals surface area contributed by atoms with Crippen molar-refractivity contribution >= 4 is 11.8 Å². The second kappa shape index (κ2) is 11.7. The zero-order valence-electron chi connectivity index (χ0n) is 17.4. The molecular formula is C23H30N2O4. The Kier molecular flexibility index (Phi) is 9.02. The summed E-state index contributed by atoms with van der Waals surface area (Å²) in [6.07, 6.45) is 1.36. The smallest absolute Gasteiger partial charge is 0.261 e. The molecule has 0 aromatic heterocycles. The predicted molar refractivity (Wildman–Crippen MR) is 113 cm³/mol. The molecule has 0 saturated carbocycles. The normalized spacial score (nSPS) is 11.4. The molecule has 0 aliphatic heterocycles. The summed E-state index contributed by atoms with van der Waals surface area (Å²) in [4.78, 5) is 27.3. The van der Waals surface area contributed by atoms with Crippen molar-refractivity contribution in [1.82, 2.24) is 10.2 Å². The summed E-state index contributed by atoms with van der Waals surface area (Å²) in [7, 11) is 1.61. The third-order valence-corrected chi connectivity index (χ3v) is 4.55. The van der Waals surface area contributed by atoms with Crippen LogP contribution in [-0.4, -0.2) is 43.0 Å². The topological polar surface area (TPSA) is 67.9 Å². The van der Waals surface area contributed by atoms with Gasteiger partial charge < -0.3 is 19.7 Å². The van der Waals surface area contributed by atoms with E-state index in [4.69, 9.17) is 9.47 Å². The van der Waals surface area contributed by atoms with Crippen LogP contribution in [0.2, 0.25) is 0 Å². The maximum Gasteiger partial charge on any atom is 0.261 e. The Hall–Kier alpha value is -3.02. The summed E-state index contributed by atoms with van der Waals surface area (Å²) in [5, 5.41) is 2.90. The monoisotopic (exact) mass is 398 g/mol. The van der Waals surface area contributed by atoms with Crippen LogP contribution in [0.5, 0.6) is 11.5 Å². The summed E-state index contributed by atoms with van der Waals surface area (Å²) in [5.41, 5.74) is 0.917. The standard InChI is InChI=1S/C23H30N2O4/c1-4-15-24-23(27)21(5-2)25(16-18-11-13-19(28-3)14-12-18)22(26)17-29-20-9-7-6-8-10-20/h6-14,21H,4-5,15-17H2,1-3H3,(H,24,27). The summed E-state index contributed by atoms with van der Waals surface area (Å²) >= 11 is 0. The molecule has 2 amide bonds. The van der Waals surface area contributed by atoms with Crippen molar-refractivity contribution in [1.29, 1.82) is 0 Å². The van der Waals surface area contributed by atoms with Gasteiger partial charge in [-0.05, 0) is 42.7 Å². The summed E-state index contributed by atoms with van der Waals surface area (Å²) in [5.74, 6) is 0.986. The number of ether oxygens (including phenoxy) is 2. The van der Waals surface area contributed by atoms with Crippen LogP contribution in [0.4, 0.5) is 0 Å². The second-order valence-corrected chi connectivity index (χ2v) is 6.69. The van der Waals surface area contributed by atoms with Gasteiger partial charge in [0, 0.05) is 13.1 Å². The zero-order valence-corrected chi connectivity index (χ0v) is 17.4. The van der Waals surface area contributed by atoms with E-state index in [1.165, 1.54) is 0 Å². The Balaban J connectivity index is 2.17. The Morgan fingerprint density at radius 3 is 2.28 bits per heavy atom. The lowest BCUT2D eigenvalue weighted by Gasteiger charge is -2.30. The number of benzene rings is 2. The van der Waals surface area contributed by atoms with Gasteiger partial charge in [0.15, 0.2) is 6.61 Å². The van der Waals surface area contributed by atoms with Crippen LogP contribution in [0.25, 0.3) is 0 Å². The first-order valence-electron chi connectivity index (χ1n) is 9.97. The third-order valence-electron chi connectivity index (χ3n) is 4.55. The first-order chi connectivity index (χ1) is 14.1. The van der Waals surface area contributed by atoms with E-state index >= 15 is 0 Å². The van der Waals surface area contributed by atoms with Crippen molar-refractivity contribution in [2.24, 2.45) is 0 Å². The van der Waals surface area contributed by atoms with E-state index in [2.05, 4.69) is 5.32 Å². The van der Waals surface area contributed by atoms with E-state index in [-0.39, 0.29) is 18.4 Å². The minimum atomic E-state index is -0.560.